The molecule has 0 bridgehead atoms. The molecule has 0 aliphatic heterocycles. The van der Waals surface area contributed by atoms with E-state index in [1.54, 1.807) is 13.0 Å². The Balaban J connectivity index is 2.79. The molecule has 94 valence electrons. The molecule has 1 aromatic carbocycles. The Morgan fingerprint density at radius 2 is 2.05 bits per heavy atom. The molecule has 0 aliphatic rings. The fraction of sp³-hybridized carbons (Fsp3) is 0.214. The summed E-state index contributed by atoms with van der Waals surface area (Å²) in [6, 6.07) is 8.08. The van der Waals surface area contributed by atoms with Gasteiger partial charge in [-0.2, -0.15) is 10.5 Å². The van der Waals surface area contributed by atoms with Crippen LogP contribution in [0.4, 0.5) is 5.69 Å². The quantitative estimate of drug-likeness (QED) is 0.782. The molecule has 2 N–H and O–H groups in total. The average Bonchev–Trinajstić information content (AvgIpc) is 2.44. The molecule has 1 amide bonds. The van der Waals surface area contributed by atoms with Crippen molar-refractivity contribution in [2.45, 2.75) is 13.0 Å². The first-order valence-corrected chi connectivity index (χ1v) is 5.54. The van der Waals surface area contributed by atoms with E-state index < -0.39 is 6.04 Å². The number of carbonyl (C=O) groups excluding carboxylic acids is 1. The summed E-state index contributed by atoms with van der Waals surface area (Å²) in [4.78, 5) is 11.6. The van der Waals surface area contributed by atoms with E-state index in [2.05, 4.69) is 16.6 Å². The predicted octanol–water partition coefficient (Wildman–Crippen LogP) is 0.980. The van der Waals surface area contributed by atoms with Crippen LogP contribution >= 0.6 is 0 Å². The normalized spacial score (nSPS) is 10.4. The van der Waals surface area contributed by atoms with Gasteiger partial charge in [0.25, 0.3) is 0 Å². The molecule has 1 aromatic rings. The first-order chi connectivity index (χ1) is 9.12. The van der Waals surface area contributed by atoms with Crippen molar-refractivity contribution in [3.63, 3.8) is 0 Å². The standard InChI is InChI=1S/C14H12N4O/c1-3-6-17-14(19)10(2)18-13-5-4-11(8-15)12(7-13)9-16/h1,4-5,7,10,18H,6H2,2H3,(H,17,19). The van der Waals surface area contributed by atoms with Crippen LogP contribution in [-0.4, -0.2) is 18.5 Å². The second kappa shape index (κ2) is 6.69. The van der Waals surface area contributed by atoms with Crippen molar-refractivity contribution in [1.29, 1.82) is 10.5 Å². The number of benzene rings is 1. The number of anilines is 1. The van der Waals surface area contributed by atoms with Crippen molar-refractivity contribution in [3.05, 3.63) is 29.3 Å². The minimum Gasteiger partial charge on any atom is -0.374 e. The summed E-state index contributed by atoms with van der Waals surface area (Å²) in [6.07, 6.45) is 5.05. The Labute approximate surface area is 111 Å². The molecule has 1 rings (SSSR count). The summed E-state index contributed by atoms with van der Waals surface area (Å²) in [7, 11) is 0. The van der Waals surface area contributed by atoms with Gasteiger partial charge in [0.2, 0.25) is 5.91 Å². The predicted molar refractivity (Wildman–Crippen MR) is 70.8 cm³/mol. The van der Waals surface area contributed by atoms with Gasteiger partial charge < -0.3 is 10.6 Å². The number of rotatable bonds is 4. The van der Waals surface area contributed by atoms with Gasteiger partial charge >= 0.3 is 0 Å². The van der Waals surface area contributed by atoms with Gasteiger partial charge in [0.15, 0.2) is 0 Å². The smallest absolute Gasteiger partial charge is 0.242 e. The van der Waals surface area contributed by atoms with E-state index in [0.717, 1.165) is 0 Å². The van der Waals surface area contributed by atoms with E-state index >= 15 is 0 Å². The van der Waals surface area contributed by atoms with Crippen molar-refractivity contribution in [3.8, 4) is 24.5 Å². The minimum atomic E-state index is -0.493. The third kappa shape index (κ3) is 3.77. The molecular formula is C14H12N4O. The van der Waals surface area contributed by atoms with Gasteiger partial charge in [-0.1, -0.05) is 5.92 Å². The van der Waals surface area contributed by atoms with Crippen LogP contribution in [0.5, 0.6) is 0 Å². The monoisotopic (exact) mass is 252 g/mol. The molecule has 0 radical (unpaired) electrons. The molecule has 1 unspecified atom stereocenters. The minimum absolute atomic E-state index is 0.168. The van der Waals surface area contributed by atoms with E-state index in [-0.39, 0.29) is 18.0 Å². The van der Waals surface area contributed by atoms with Crippen LogP contribution in [0.3, 0.4) is 0 Å². The summed E-state index contributed by atoms with van der Waals surface area (Å²) in [5.41, 5.74) is 1.17. The topological polar surface area (TPSA) is 88.7 Å². The van der Waals surface area contributed by atoms with Gasteiger partial charge in [0, 0.05) is 5.69 Å². The summed E-state index contributed by atoms with van der Waals surface area (Å²) >= 11 is 0. The fourth-order valence-corrected chi connectivity index (χ4v) is 1.43. The molecule has 0 spiro atoms. The van der Waals surface area contributed by atoms with Crippen LogP contribution in [0.1, 0.15) is 18.1 Å². The van der Waals surface area contributed by atoms with Crippen LogP contribution < -0.4 is 10.6 Å². The lowest BCUT2D eigenvalue weighted by atomic mass is 10.1. The van der Waals surface area contributed by atoms with E-state index in [1.807, 2.05) is 12.1 Å². The second-order valence-corrected chi connectivity index (χ2v) is 3.77. The lowest BCUT2D eigenvalue weighted by Gasteiger charge is -2.14. The lowest BCUT2D eigenvalue weighted by Crippen LogP contribution is -2.37. The summed E-state index contributed by atoms with van der Waals surface area (Å²) in [6.45, 7) is 1.85. The number of nitrogens with zero attached hydrogens (tertiary/aromatic N) is 2. The number of hydrogen-bond acceptors (Lipinski definition) is 4. The molecule has 0 fully saturated rings. The first-order valence-electron chi connectivity index (χ1n) is 5.54. The van der Waals surface area contributed by atoms with Gasteiger partial charge in [-0.3, -0.25) is 4.79 Å². The highest BCUT2D eigenvalue weighted by atomic mass is 16.2. The number of hydrogen-bond donors (Lipinski definition) is 2. The van der Waals surface area contributed by atoms with Gasteiger partial charge in [0.05, 0.1) is 17.7 Å². The van der Waals surface area contributed by atoms with E-state index in [9.17, 15) is 4.79 Å². The highest BCUT2D eigenvalue weighted by molar-refractivity contribution is 5.84. The van der Waals surface area contributed by atoms with Crippen molar-refractivity contribution >= 4 is 11.6 Å². The molecule has 0 aliphatic carbocycles. The molecule has 5 heteroatoms. The maximum atomic E-state index is 11.6. The SMILES string of the molecule is C#CCNC(=O)C(C)Nc1ccc(C#N)c(C#N)c1. The zero-order valence-electron chi connectivity index (χ0n) is 10.4. The van der Waals surface area contributed by atoms with E-state index in [1.165, 1.54) is 12.1 Å². The maximum absolute atomic E-state index is 11.6. The van der Waals surface area contributed by atoms with Crippen molar-refractivity contribution < 1.29 is 4.79 Å². The Bertz CT molecular complexity index is 601. The van der Waals surface area contributed by atoms with E-state index in [4.69, 9.17) is 16.9 Å². The molecule has 0 saturated carbocycles. The third-order valence-corrected chi connectivity index (χ3v) is 2.40. The van der Waals surface area contributed by atoms with E-state index in [0.29, 0.717) is 11.3 Å². The highest BCUT2D eigenvalue weighted by Gasteiger charge is 2.12. The van der Waals surface area contributed by atoms with Gasteiger partial charge in [-0.25, -0.2) is 0 Å². The lowest BCUT2D eigenvalue weighted by molar-refractivity contribution is -0.121. The van der Waals surface area contributed by atoms with Crippen LogP contribution in [-0.2, 0) is 4.79 Å². The molecule has 5 nitrogen and oxygen atoms in total. The third-order valence-electron chi connectivity index (χ3n) is 2.40. The molecular weight excluding hydrogens is 240 g/mol. The Hall–Kier alpha value is -2.97. The van der Waals surface area contributed by atoms with Gasteiger partial charge in [0.1, 0.15) is 18.2 Å². The van der Waals surface area contributed by atoms with Crippen molar-refractivity contribution in [2.75, 3.05) is 11.9 Å². The number of nitriles is 2. The molecule has 0 aromatic heterocycles. The zero-order chi connectivity index (χ0) is 14.3. The Morgan fingerprint density at radius 1 is 1.37 bits per heavy atom. The summed E-state index contributed by atoms with van der Waals surface area (Å²) in [5.74, 6) is 2.08. The maximum Gasteiger partial charge on any atom is 0.242 e. The van der Waals surface area contributed by atoms with Gasteiger partial charge in [-0.05, 0) is 25.1 Å². The number of nitrogens with one attached hydrogen (secondary N) is 2. The van der Waals surface area contributed by atoms with Crippen LogP contribution in [0.15, 0.2) is 18.2 Å². The summed E-state index contributed by atoms with van der Waals surface area (Å²) in [5, 5.41) is 23.2. The molecule has 1 atom stereocenters. The molecule has 0 saturated heterocycles. The number of terminal acetylenes is 1. The van der Waals surface area contributed by atoms with Crippen molar-refractivity contribution in [2.24, 2.45) is 0 Å². The first kappa shape index (κ1) is 14.1. The van der Waals surface area contributed by atoms with Crippen LogP contribution in [0.25, 0.3) is 0 Å². The highest BCUT2D eigenvalue weighted by Crippen LogP contribution is 2.15. The largest absolute Gasteiger partial charge is 0.374 e. The van der Waals surface area contributed by atoms with Crippen LogP contribution in [0, 0.1) is 35.0 Å². The average molecular weight is 252 g/mol. The zero-order valence-corrected chi connectivity index (χ0v) is 10.4. The molecule has 19 heavy (non-hydrogen) atoms. The summed E-state index contributed by atoms with van der Waals surface area (Å²) < 4.78 is 0. The number of carbonyl (C=O) groups is 1. The second-order valence-electron chi connectivity index (χ2n) is 3.77. The Kier molecular flexibility index (Phi) is 4.96. The Morgan fingerprint density at radius 3 is 2.63 bits per heavy atom. The molecule has 0 heterocycles. The number of amides is 1. The van der Waals surface area contributed by atoms with Crippen molar-refractivity contribution in [1.82, 2.24) is 5.32 Å². The fourth-order valence-electron chi connectivity index (χ4n) is 1.43. The van der Waals surface area contributed by atoms with Gasteiger partial charge in [-0.15, -0.1) is 6.42 Å². The van der Waals surface area contributed by atoms with Crippen LogP contribution in [0.2, 0.25) is 0 Å².